The van der Waals surface area contributed by atoms with Gasteiger partial charge in [-0.05, 0) is 31.5 Å². The fraction of sp³-hybridized carbons (Fsp3) is 0.519. The number of ether oxygens (including phenoxy) is 1. The molecule has 3 aromatic rings. The molecule has 2 aliphatic rings. The van der Waals surface area contributed by atoms with E-state index in [0.29, 0.717) is 34.3 Å². The number of carbonyl (C=O) groups excluding carboxylic acids is 1. The zero-order valence-electron chi connectivity index (χ0n) is 21.2. The summed E-state index contributed by atoms with van der Waals surface area (Å²) in [6.45, 7) is 8.27. The Morgan fingerprint density at radius 3 is 2.64 bits per heavy atom. The number of hydrogen-bond acceptors (Lipinski definition) is 6. The quantitative estimate of drug-likeness (QED) is 0.514. The van der Waals surface area contributed by atoms with Gasteiger partial charge >= 0.3 is 0 Å². The summed E-state index contributed by atoms with van der Waals surface area (Å²) in [6, 6.07) is 7.31. The van der Waals surface area contributed by atoms with Crippen LogP contribution in [0, 0.1) is 0 Å². The van der Waals surface area contributed by atoms with Gasteiger partial charge in [0.1, 0.15) is 0 Å². The van der Waals surface area contributed by atoms with Crippen LogP contribution in [0.15, 0.2) is 36.7 Å². The maximum Gasteiger partial charge on any atom is 0.253 e. The van der Waals surface area contributed by atoms with Crippen LogP contribution < -0.4 is 10.1 Å². The van der Waals surface area contributed by atoms with Gasteiger partial charge in [0.25, 0.3) is 5.91 Å². The van der Waals surface area contributed by atoms with E-state index in [-0.39, 0.29) is 11.4 Å². The van der Waals surface area contributed by atoms with Crippen molar-refractivity contribution in [2.75, 3.05) is 46.4 Å². The molecule has 1 amide bonds. The summed E-state index contributed by atoms with van der Waals surface area (Å²) in [5.41, 5.74) is 1.33. The Balaban J connectivity index is 1.42. The standard InChI is InChI=1S/C27H35ClN6O2/c1-3-32-14-16-33(17-15-32)27(11-5-4-6-12-27)19-30-25(35)20-18-34(22-9-7-8-21(28)24(20)22)26-29-13-10-23(31-26)36-2/h7-10,13,18H,3-6,11-12,14-17,19H2,1-2H3,(H,30,35). The lowest BCUT2D eigenvalue weighted by Gasteiger charge is -2.50. The van der Waals surface area contributed by atoms with Gasteiger partial charge in [-0.15, -0.1) is 0 Å². The minimum absolute atomic E-state index is 0.0197. The fourth-order valence-corrected chi connectivity index (χ4v) is 6.11. The number of rotatable bonds is 7. The Kier molecular flexibility index (Phi) is 7.46. The smallest absolute Gasteiger partial charge is 0.253 e. The predicted molar refractivity (Wildman–Crippen MR) is 142 cm³/mol. The molecule has 36 heavy (non-hydrogen) atoms. The minimum atomic E-state index is -0.119. The highest BCUT2D eigenvalue weighted by molar-refractivity contribution is 6.37. The number of carbonyl (C=O) groups is 1. The number of nitrogens with zero attached hydrogens (tertiary/aromatic N) is 5. The average Bonchev–Trinajstić information content (AvgIpc) is 3.33. The summed E-state index contributed by atoms with van der Waals surface area (Å²) in [5, 5.41) is 4.54. The zero-order valence-corrected chi connectivity index (χ0v) is 21.9. The molecular formula is C27H35ClN6O2. The van der Waals surface area contributed by atoms with Gasteiger partial charge in [0.05, 0.1) is 23.2 Å². The van der Waals surface area contributed by atoms with E-state index in [0.717, 1.165) is 51.1 Å². The van der Waals surface area contributed by atoms with Crippen LogP contribution in [0.4, 0.5) is 0 Å². The molecule has 0 bridgehead atoms. The van der Waals surface area contributed by atoms with Crippen molar-refractivity contribution in [1.29, 1.82) is 0 Å². The van der Waals surface area contributed by atoms with E-state index in [9.17, 15) is 4.79 Å². The molecule has 9 heteroatoms. The summed E-state index contributed by atoms with van der Waals surface area (Å²) in [6.07, 6.45) is 9.37. The summed E-state index contributed by atoms with van der Waals surface area (Å²) in [5.74, 6) is 0.766. The third-order valence-electron chi connectivity index (χ3n) is 7.92. The maximum atomic E-state index is 13.7. The molecule has 1 saturated heterocycles. The van der Waals surface area contributed by atoms with Gasteiger partial charge in [0.15, 0.2) is 0 Å². The molecule has 2 aromatic heterocycles. The van der Waals surface area contributed by atoms with Gasteiger partial charge in [-0.3, -0.25) is 14.3 Å². The van der Waals surface area contributed by atoms with Crippen molar-refractivity contribution in [1.82, 2.24) is 29.7 Å². The van der Waals surface area contributed by atoms with Crippen molar-refractivity contribution in [2.45, 2.75) is 44.6 Å². The lowest BCUT2D eigenvalue weighted by atomic mass is 9.79. The Hall–Kier alpha value is -2.68. The molecule has 0 radical (unpaired) electrons. The number of nitrogens with one attached hydrogen (secondary N) is 1. The number of amides is 1. The first-order chi connectivity index (χ1) is 17.5. The second kappa shape index (κ2) is 10.7. The summed E-state index contributed by atoms with van der Waals surface area (Å²) in [7, 11) is 1.57. The number of fused-ring (bicyclic) bond motifs is 1. The van der Waals surface area contributed by atoms with Crippen LogP contribution >= 0.6 is 11.6 Å². The monoisotopic (exact) mass is 510 g/mol. The first-order valence-corrected chi connectivity index (χ1v) is 13.3. The molecule has 3 heterocycles. The Bertz CT molecular complexity index is 1210. The molecule has 0 atom stereocenters. The largest absolute Gasteiger partial charge is 0.481 e. The maximum absolute atomic E-state index is 13.7. The number of benzene rings is 1. The van der Waals surface area contributed by atoms with Crippen LogP contribution in [0.25, 0.3) is 16.9 Å². The van der Waals surface area contributed by atoms with Gasteiger partial charge in [0.2, 0.25) is 11.8 Å². The van der Waals surface area contributed by atoms with E-state index in [1.165, 1.54) is 19.3 Å². The van der Waals surface area contributed by atoms with Crippen LogP contribution in [0.1, 0.15) is 49.4 Å². The topological polar surface area (TPSA) is 75.5 Å². The zero-order chi connectivity index (χ0) is 25.1. The number of piperazine rings is 1. The molecule has 192 valence electrons. The summed E-state index contributed by atoms with van der Waals surface area (Å²) >= 11 is 6.62. The third kappa shape index (κ3) is 4.82. The van der Waals surface area contributed by atoms with Crippen molar-refractivity contribution in [3.05, 3.63) is 47.2 Å². The normalized spacial score (nSPS) is 18.9. The van der Waals surface area contributed by atoms with Crippen LogP contribution in [0.2, 0.25) is 5.02 Å². The van der Waals surface area contributed by atoms with Crippen LogP contribution in [-0.4, -0.2) is 82.2 Å². The lowest BCUT2D eigenvalue weighted by Crippen LogP contribution is -2.61. The molecule has 0 spiro atoms. The number of hydrogen-bond donors (Lipinski definition) is 1. The van der Waals surface area contributed by atoms with Gasteiger partial charge in [0, 0.05) is 62.1 Å². The van der Waals surface area contributed by atoms with E-state index in [1.54, 1.807) is 30.1 Å². The van der Waals surface area contributed by atoms with Gasteiger partial charge in [-0.2, -0.15) is 4.98 Å². The van der Waals surface area contributed by atoms with Crippen molar-refractivity contribution in [3.63, 3.8) is 0 Å². The molecule has 8 nitrogen and oxygen atoms in total. The van der Waals surface area contributed by atoms with Crippen LogP contribution in [0.3, 0.4) is 0 Å². The Labute approximate surface area is 217 Å². The number of methoxy groups -OCH3 is 1. The predicted octanol–water partition coefficient (Wildman–Crippen LogP) is 4.15. The minimum Gasteiger partial charge on any atom is -0.481 e. The van der Waals surface area contributed by atoms with Crippen LogP contribution in [0.5, 0.6) is 5.88 Å². The van der Waals surface area contributed by atoms with Gasteiger partial charge in [-0.1, -0.05) is 43.9 Å². The van der Waals surface area contributed by atoms with Crippen LogP contribution in [-0.2, 0) is 0 Å². The number of likely N-dealkylation sites (N-methyl/N-ethyl adjacent to an activating group) is 1. The second-order valence-corrected chi connectivity index (χ2v) is 10.2. The third-order valence-corrected chi connectivity index (χ3v) is 8.23. The second-order valence-electron chi connectivity index (χ2n) is 9.83. The van der Waals surface area contributed by atoms with Crippen molar-refractivity contribution in [3.8, 4) is 11.8 Å². The first kappa shape index (κ1) is 25.0. The van der Waals surface area contributed by atoms with E-state index < -0.39 is 0 Å². The van der Waals surface area contributed by atoms with Crippen molar-refractivity contribution >= 4 is 28.4 Å². The molecule has 5 rings (SSSR count). The molecule has 1 aromatic carbocycles. The van der Waals surface area contributed by atoms with E-state index in [4.69, 9.17) is 16.3 Å². The molecule has 1 N–H and O–H groups in total. The lowest BCUT2D eigenvalue weighted by molar-refractivity contribution is 0.00925. The SMILES string of the molecule is CCN1CCN(C2(CNC(=O)c3cn(-c4nccc(OC)n4)c4cccc(Cl)c34)CCCCC2)CC1. The molecular weight excluding hydrogens is 476 g/mol. The van der Waals surface area contributed by atoms with Gasteiger partial charge in [-0.25, -0.2) is 4.98 Å². The molecule has 0 unspecified atom stereocenters. The first-order valence-electron chi connectivity index (χ1n) is 13.0. The highest BCUT2D eigenvalue weighted by Gasteiger charge is 2.39. The summed E-state index contributed by atoms with van der Waals surface area (Å²) in [4.78, 5) is 27.7. The van der Waals surface area contributed by atoms with E-state index >= 15 is 0 Å². The Morgan fingerprint density at radius 2 is 1.92 bits per heavy atom. The molecule has 2 fully saturated rings. The number of aromatic nitrogens is 3. The Morgan fingerprint density at radius 1 is 1.14 bits per heavy atom. The fourth-order valence-electron chi connectivity index (χ4n) is 5.84. The van der Waals surface area contributed by atoms with Gasteiger partial charge < -0.3 is 15.0 Å². The highest BCUT2D eigenvalue weighted by atomic mass is 35.5. The van der Waals surface area contributed by atoms with Crippen molar-refractivity contribution in [2.24, 2.45) is 0 Å². The van der Waals surface area contributed by atoms with E-state index in [2.05, 4.69) is 32.0 Å². The highest BCUT2D eigenvalue weighted by Crippen LogP contribution is 2.35. The molecule has 1 aliphatic carbocycles. The molecule has 1 saturated carbocycles. The molecule has 1 aliphatic heterocycles. The van der Waals surface area contributed by atoms with Crippen molar-refractivity contribution < 1.29 is 9.53 Å². The summed E-state index contributed by atoms with van der Waals surface area (Å²) < 4.78 is 7.08. The number of halogens is 1. The van der Waals surface area contributed by atoms with E-state index in [1.807, 2.05) is 18.2 Å². The average molecular weight is 511 g/mol.